The number of carbonyl (C=O) groups excluding carboxylic acids is 2. The lowest BCUT2D eigenvalue weighted by Gasteiger charge is -2.32. The summed E-state index contributed by atoms with van der Waals surface area (Å²) in [6, 6.07) is 9.79. The van der Waals surface area contributed by atoms with Gasteiger partial charge >= 0.3 is 13.6 Å². The highest BCUT2D eigenvalue weighted by Crippen LogP contribution is 2.41. The van der Waals surface area contributed by atoms with Gasteiger partial charge in [-0.3, -0.25) is 8.98 Å². The molecule has 1 unspecified atom stereocenters. The van der Waals surface area contributed by atoms with Crippen LogP contribution >= 0.6 is 0 Å². The molecule has 168 valence electrons. The third-order valence-electron chi connectivity index (χ3n) is 4.96. The number of nitrogens with zero attached hydrogens (tertiary/aromatic N) is 3. The van der Waals surface area contributed by atoms with Crippen molar-refractivity contribution in [3.8, 4) is 6.07 Å². The molecule has 0 radical (unpaired) electrons. The SMILES string of the molecule is CN1C(=O)N(c2ccc(C#N)c(C(F)(F)F)c2)C(=O)C1(COS(=O)(=O)[O-])c1ccccc1.[H+]. The molecule has 0 spiro atoms. The number of likely N-dealkylation sites (N-methyl/N-ethyl adjacent to an activating group) is 1. The number of halogens is 3. The first-order valence-electron chi connectivity index (χ1n) is 8.72. The average molecular weight is 469 g/mol. The standard InChI is InChI=1S/C19H14F3N3O6S/c1-24-17(27)25(14-8-7-12(10-23)15(9-14)19(20,21)22)16(26)18(24,11-31-32(28,29)30)13-5-3-2-4-6-13/h2-9H,11H2,1H3,(H,28,29,30). The van der Waals surface area contributed by atoms with Crippen LogP contribution in [0.15, 0.2) is 48.5 Å². The monoisotopic (exact) mass is 469 g/mol. The molecular formula is C19H14F3N3O6S. The van der Waals surface area contributed by atoms with E-state index in [0.717, 1.165) is 24.1 Å². The van der Waals surface area contributed by atoms with Crippen molar-refractivity contribution in [2.24, 2.45) is 0 Å². The maximum Gasteiger partial charge on any atom is 1.00 e. The van der Waals surface area contributed by atoms with Crippen LogP contribution in [0.3, 0.4) is 0 Å². The summed E-state index contributed by atoms with van der Waals surface area (Å²) in [5, 5.41) is 8.95. The number of nitriles is 1. The Hall–Kier alpha value is -3.47. The Morgan fingerprint density at radius 1 is 1.19 bits per heavy atom. The molecule has 1 fully saturated rings. The van der Waals surface area contributed by atoms with Crippen molar-refractivity contribution in [3.63, 3.8) is 0 Å². The van der Waals surface area contributed by atoms with Crippen molar-refractivity contribution in [1.82, 2.24) is 4.90 Å². The zero-order valence-corrected chi connectivity index (χ0v) is 17.0. The van der Waals surface area contributed by atoms with Crippen molar-refractivity contribution < 1.29 is 41.3 Å². The van der Waals surface area contributed by atoms with Crippen LogP contribution in [0, 0.1) is 11.3 Å². The number of rotatable bonds is 5. The van der Waals surface area contributed by atoms with E-state index < -0.39 is 57.5 Å². The van der Waals surface area contributed by atoms with E-state index in [9.17, 15) is 35.7 Å². The average Bonchev–Trinajstić information content (AvgIpc) is 2.92. The van der Waals surface area contributed by atoms with Gasteiger partial charge in [0, 0.05) is 7.05 Å². The highest BCUT2D eigenvalue weighted by atomic mass is 32.3. The van der Waals surface area contributed by atoms with Crippen molar-refractivity contribution in [2.75, 3.05) is 18.6 Å². The van der Waals surface area contributed by atoms with Crippen LogP contribution in [-0.4, -0.2) is 43.5 Å². The zero-order chi connectivity index (χ0) is 23.9. The van der Waals surface area contributed by atoms with E-state index >= 15 is 0 Å². The molecule has 0 aromatic heterocycles. The first kappa shape index (κ1) is 23.2. The number of amides is 3. The summed E-state index contributed by atoms with van der Waals surface area (Å²) in [4.78, 5) is 27.6. The first-order chi connectivity index (χ1) is 14.8. The van der Waals surface area contributed by atoms with Crippen LogP contribution in [0.5, 0.6) is 0 Å². The number of anilines is 1. The van der Waals surface area contributed by atoms with Gasteiger partial charge in [-0.1, -0.05) is 30.3 Å². The second-order valence-corrected chi connectivity index (χ2v) is 7.77. The molecule has 0 bridgehead atoms. The lowest BCUT2D eigenvalue weighted by atomic mass is 9.89. The van der Waals surface area contributed by atoms with Gasteiger partial charge in [0.05, 0.1) is 22.9 Å². The maximum atomic E-state index is 13.4. The number of imide groups is 1. The quantitative estimate of drug-likeness (QED) is 0.373. The molecule has 1 aliphatic heterocycles. The van der Waals surface area contributed by atoms with E-state index in [2.05, 4.69) is 4.18 Å². The summed E-state index contributed by atoms with van der Waals surface area (Å²) in [7, 11) is -4.17. The molecule has 1 aliphatic rings. The lowest BCUT2D eigenvalue weighted by molar-refractivity contribution is -0.137. The summed E-state index contributed by atoms with van der Waals surface area (Å²) in [5.74, 6) is -1.14. The molecule has 0 N–H and O–H groups in total. The van der Waals surface area contributed by atoms with Crippen molar-refractivity contribution >= 4 is 28.0 Å². The van der Waals surface area contributed by atoms with Gasteiger partial charge in [-0.15, -0.1) is 0 Å². The molecule has 3 rings (SSSR count). The normalized spacial score (nSPS) is 19.4. The van der Waals surface area contributed by atoms with E-state index in [4.69, 9.17) is 5.26 Å². The van der Waals surface area contributed by atoms with Gasteiger partial charge in [0.15, 0.2) is 5.54 Å². The van der Waals surface area contributed by atoms with E-state index in [1.54, 1.807) is 6.07 Å². The Bertz CT molecular complexity index is 1230. The fraction of sp³-hybridized carbons (Fsp3) is 0.211. The van der Waals surface area contributed by atoms with Crippen LogP contribution < -0.4 is 4.90 Å². The molecule has 0 saturated carbocycles. The molecule has 2 aromatic carbocycles. The van der Waals surface area contributed by atoms with Gasteiger partial charge in [0.2, 0.25) is 10.4 Å². The second kappa shape index (κ2) is 7.90. The fourth-order valence-corrected chi connectivity index (χ4v) is 3.70. The van der Waals surface area contributed by atoms with Crippen molar-refractivity contribution in [1.29, 1.82) is 5.26 Å². The van der Waals surface area contributed by atoms with Crippen molar-refractivity contribution in [2.45, 2.75) is 11.7 Å². The van der Waals surface area contributed by atoms with Crippen LogP contribution in [-0.2, 0) is 31.1 Å². The number of alkyl halides is 3. The maximum absolute atomic E-state index is 13.4. The Morgan fingerprint density at radius 2 is 1.81 bits per heavy atom. The van der Waals surface area contributed by atoms with Gasteiger partial charge < -0.3 is 9.45 Å². The Kier molecular flexibility index (Phi) is 5.73. The molecular weight excluding hydrogens is 455 g/mol. The smallest absolute Gasteiger partial charge is 0.726 e. The van der Waals surface area contributed by atoms with Gasteiger partial charge in [-0.2, -0.15) is 18.4 Å². The number of hydrogen-bond donors (Lipinski definition) is 0. The van der Waals surface area contributed by atoms with E-state index in [0.29, 0.717) is 11.0 Å². The van der Waals surface area contributed by atoms with Gasteiger partial charge in [-0.25, -0.2) is 18.1 Å². The minimum atomic E-state index is -5.28. The Labute approximate surface area is 181 Å². The Morgan fingerprint density at radius 3 is 2.34 bits per heavy atom. The zero-order valence-electron chi connectivity index (χ0n) is 17.2. The van der Waals surface area contributed by atoms with Crippen LogP contribution in [0.2, 0.25) is 0 Å². The third kappa shape index (κ3) is 3.91. The number of urea groups is 1. The number of carbonyl (C=O) groups is 2. The molecule has 9 nitrogen and oxygen atoms in total. The van der Waals surface area contributed by atoms with E-state index in [1.165, 1.54) is 30.3 Å². The summed E-state index contributed by atoms with van der Waals surface area (Å²) < 4.78 is 77.6. The predicted molar refractivity (Wildman–Crippen MR) is 102 cm³/mol. The molecule has 32 heavy (non-hydrogen) atoms. The highest BCUT2D eigenvalue weighted by molar-refractivity contribution is 7.80. The number of hydrogen-bond acceptors (Lipinski definition) is 7. The fourth-order valence-electron chi connectivity index (χ4n) is 3.39. The second-order valence-electron chi connectivity index (χ2n) is 6.72. The third-order valence-corrected chi connectivity index (χ3v) is 5.36. The topological polar surface area (TPSA) is 131 Å². The van der Waals surface area contributed by atoms with E-state index in [1.807, 2.05) is 0 Å². The highest BCUT2D eigenvalue weighted by Gasteiger charge is 2.58. The van der Waals surface area contributed by atoms with Crippen molar-refractivity contribution in [3.05, 3.63) is 65.2 Å². The minimum Gasteiger partial charge on any atom is -0.726 e. The summed E-state index contributed by atoms with van der Waals surface area (Å²) in [5.41, 5.74) is -4.67. The lowest BCUT2D eigenvalue weighted by Crippen LogP contribution is -2.49. The molecule has 1 saturated heterocycles. The van der Waals surface area contributed by atoms with Crippen LogP contribution in [0.1, 0.15) is 18.1 Å². The minimum absolute atomic E-state index is 0. The molecule has 1 heterocycles. The summed E-state index contributed by atoms with van der Waals surface area (Å²) in [6.07, 6.45) is -4.95. The summed E-state index contributed by atoms with van der Waals surface area (Å²) >= 11 is 0. The molecule has 3 amide bonds. The molecule has 13 heteroatoms. The van der Waals surface area contributed by atoms with E-state index in [-0.39, 0.29) is 6.99 Å². The molecule has 2 aromatic rings. The first-order valence-corrected chi connectivity index (χ1v) is 10.1. The van der Waals surface area contributed by atoms with Gasteiger partial charge in [0.25, 0.3) is 5.91 Å². The molecule has 1 atom stereocenters. The summed E-state index contributed by atoms with van der Waals surface area (Å²) in [6.45, 7) is -1.09. The van der Waals surface area contributed by atoms with Crippen LogP contribution in [0.25, 0.3) is 0 Å². The Balaban J connectivity index is 0.00000385. The molecule has 0 aliphatic carbocycles. The van der Waals surface area contributed by atoms with Crippen LogP contribution in [0.4, 0.5) is 23.7 Å². The van der Waals surface area contributed by atoms with Gasteiger partial charge in [0.1, 0.15) is 6.61 Å². The largest absolute Gasteiger partial charge is 1.00 e. The number of benzene rings is 2. The van der Waals surface area contributed by atoms with Gasteiger partial charge in [-0.05, 0) is 23.8 Å². The predicted octanol–water partition coefficient (Wildman–Crippen LogP) is 2.46.